The maximum absolute atomic E-state index is 12.1. The number of anilines is 1. The zero-order chi connectivity index (χ0) is 14.8. The standard InChI is InChI=1S/C13H13F3N2O2/c1-19-6-8-4-11(17)10-5-9(2-3-12(10)18-8)20-7-13(14,15)16/h2-5H,6-7H2,1H3,(H2,17,18). The molecule has 1 heterocycles. The van der Waals surface area contributed by atoms with Gasteiger partial charge in [0.1, 0.15) is 5.75 Å². The minimum Gasteiger partial charge on any atom is -0.484 e. The number of benzene rings is 1. The predicted octanol–water partition coefficient (Wildman–Crippen LogP) is 2.90. The number of aromatic nitrogens is 1. The molecule has 0 aliphatic rings. The van der Waals surface area contributed by atoms with Crippen LogP contribution >= 0.6 is 0 Å². The van der Waals surface area contributed by atoms with Crippen LogP contribution in [0.15, 0.2) is 24.3 Å². The molecule has 4 nitrogen and oxygen atoms in total. The maximum Gasteiger partial charge on any atom is 0.422 e. The zero-order valence-electron chi connectivity index (χ0n) is 10.7. The summed E-state index contributed by atoms with van der Waals surface area (Å²) in [6.07, 6.45) is -4.37. The van der Waals surface area contributed by atoms with Crippen LogP contribution in [-0.2, 0) is 11.3 Å². The molecule has 1 aromatic carbocycles. The Kier molecular flexibility index (Phi) is 3.99. The Morgan fingerprint density at radius 1 is 1.25 bits per heavy atom. The fourth-order valence-electron chi connectivity index (χ4n) is 1.76. The SMILES string of the molecule is COCc1cc(N)c2cc(OCC(F)(F)F)ccc2n1. The molecule has 0 unspecified atom stereocenters. The van der Waals surface area contributed by atoms with Crippen molar-refractivity contribution in [1.29, 1.82) is 0 Å². The number of methoxy groups -OCH3 is 1. The van der Waals surface area contributed by atoms with E-state index in [2.05, 4.69) is 9.72 Å². The summed E-state index contributed by atoms with van der Waals surface area (Å²) in [6.45, 7) is -1.03. The summed E-state index contributed by atoms with van der Waals surface area (Å²) in [6, 6.07) is 6.06. The summed E-state index contributed by atoms with van der Waals surface area (Å²) in [5.74, 6) is 0.0998. The molecule has 1 aromatic heterocycles. The number of halogens is 3. The smallest absolute Gasteiger partial charge is 0.422 e. The van der Waals surface area contributed by atoms with Crippen LogP contribution in [0.2, 0.25) is 0 Å². The Hall–Kier alpha value is -2.02. The molecule has 0 saturated heterocycles. The molecule has 2 aromatic rings. The highest BCUT2D eigenvalue weighted by Gasteiger charge is 2.28. The first-order valence-electron chi connectivity index (χ1n) is 5.77. The number of fused-ring (bicyclic) bond motifs is 1. The Morgan fingerprint density at radius 3 is 2.65 bits per heavy atom. The highest BCUT2D eigenvalue weighted by molar-refractivity contribution is 5.91. The second-order valence-corrected chi connectivity index (χ2v) is 4.22. The van der Waals surface area contributed by atoms with Gasteiger partial charge in [0.2, 0.25) is 0 Å². The van der Waals surface area contributed by atoms with Gasteiger partial charge in [-0.05, 0) is 24.3 Å². The van der Waals surface area contributed by atoms with Crippen molar-refractivity contribution in [2.24, 2.45) is 0 Å². The molecular weight excluding hydrogens is 273 g/mol. The molecule has 20 heavy (non-hydrogen) atoms. The molecule has 7 heteroatoms. The Labute approximate surface area is 113 Å². The molecule has 2 N–H and O–H groups in total. The number of nitrogens with zero attached hydrogens (tertiary/aromatic N) is 1. The first-order valence-corrected chi connectivity index (χ1v) is 5.77. The normalized spacial score (nSPS) is 11.8. The van der Waals surface area contributed by atoms with Crippen LogP contribution in [0.4, 0.5) is 18.9 Å². The van der Waals surface area contributed by atoms with Crippen LogP contribution < -0.4 is 10.5 Å². The average Bonchev–Trinajstić information content (AvgIpc) is 2.36. The Morgan fingerprint density at radius 2 is 2.00 bits per heavy atom. The second-order valence-electron chi connectivity index (χ2n) is 4.22. The van der Waals surface area contributed by atoms with Gasteiger partial charge in [-0.1, -0.05) is 0 Å². The molecule has 0 saturated carbocycles. The molecule has 0 radical (unpaired) electrons. The van der Waals surface area contributed by atoms with Crippen LogP contribution in [-0.4, -0.2) is 24.9 Å². The van der Waals surface area contributed by atoms with E-state index in [9.17, 15) is 13.2 Å². The number of hydrogen-bond donors (Lipinski definition) is 1. The Bertz CT molecular complexity index is 614. The highest BCUT2D eigenvalue weighted by atomic mass is 19.4. The van der Waals surface area contributed by atoms with Crippen LogP contribution in [0.25, 0.3) is 10.9 Å². The molecule has 0 aliphatic carbocycles. The summed E-state index contributed by atoms with van der Waals surface area (Å²) in [4.78, 5) is 4.29. The first-order chi connectivity index (χ1) is 9.39. The minimum atomic E-state index is -4.37. The number of nitrogens with two attached hydrogens (primary N) is 1. The van der Waals surface area contributed by atoms with Crippen molar-refractivity contribution in [2.45, 2.75) is 12.8 Å². The third kappa shape index (κ3) is 3.51. The molecule has 0 atom stereocenters. The van der Waals surface area contributed by atoms with Crippen molar-refractivity contribution in [2.75, 3.05) is 19.5 Å². The van der Waals surface area contributed by atoms with Gasteiger partial charge >= 0.3 is 6.18 Å². The minimum absolute atomic E-state index is 0.0998. The first kappa shape index (κ1) is 14.4. The van der Waals surface area contributed by atoms with Gasteiger partial charge < -0.3 is 15.2 Å². The van der Waals surface area contributed by atoms with Crippen molar-refractivity contribution in [3.8, 4) is 5.75 Å². The molecule has 0 aliphatic heterocycles. The maximum atomic E-state index is 12.1. The summed E-state index contributed by atoms with van der Waals surface area (Å²) in [5.41, 5.74) is 7.52. The molecule has 108 valence electrons. The van der Waals surface area contributed by atoms with E-state index in [-0.39, 0.29) is 5.75 Å². The van der Waals surface area contributed by atoms with Crippen molar-refractivity contribution in [3.63, 3.8) is 0 Å². The van der Waals surface area contributed by atoms with E-state index in [0.717, 1.165) is 0 Å². The van der Waals surface area contributed by atoms with Crippen LogP contribution in [0, 0.1) is 0 Å². The summed E-state index contributed by atoms with van der Waals surface area (Å²) >= 11 is 0. The lowest BCUT2D eigenvalue weighted by atomic mass is 10.1. The molecule has 0 spiro atoms. The van der Waals surface area contributed by atoms with E-state index in [1.165, 1.54) is 19.2 Å². The molecule has 2 rings (SSSR count). The van der Waals surface area contributed by atoms with Gasteiger partial charge in [-0.3, -0.25) is 4.98 Å². The highest BCUT2D eigenvalue weighted by Crippen LogP contribution is 2.26. The lowest BCUT2D eigenvalue weighted by molar-refractivity contribution is -0.153. The van der Waals surface area contributed by atoms with Crippen LogP contribution in [0.5, 0.6) is 5.75 Å². The summed E-state index contributed by atoms with van der Waals surface area (Å²) < 4.78 is 45.9. The number of ether oxygens (including phenoxy) is 2. The van der Waals surface area contributed by atoms with Gasteiger partial charge in [0.05, 0.1) is 17.8 Å². The average molecular weight is 286 g/mol. The Balaban J connectivity index is 2.30. The fourth-order valence-corrected chi connectivity index (χ4v) is 1.76. The van der Waals surface area contributed by atoms with Gasteiger partial charge in [-0.2, -0.15) is 13.2 Å². The monoisotopic (exact) mass is 286 g/mol. The topological polar surface area (TPSA) is 57.4 Å². The van der Waals surface area contributed by atoms with Crippen molar-refractivity contribution in [3.05, 3.63) is 30.0 Å². The largest absolute Gasteiger partial charge is 0.484 e. The van der Waals surface area contributed by atoms with Crippen molar-refractivity contribution in [1.82, 2.24) is 4.98 Å². The number of nitrogen functional groups attached to an aromatic ring is 1. The van der Waals surface area contributed by atoms with Crippen molar-refractivity contribution >= 4 is 16.6 Å². The van der Waals surface area contributed by atoms with Crippen LogP contribution in [0.1, 0.15) is 5.69 Å². The van der Waals surface area contributed by atoms with E-state index in [0.29, 0.717) is 28.9 Å². The molecule has 0 amide bonds. The van der Waals surface area contributed by atoms with E-state index >= 15 is 0 Å². The summed E-state index contributed by atoms with van der Waals surface area (Å²) in [5, 5.41) is 0.546. The third-order valence-electron chi connectivity index (χ3n) is 2.56. The van der Waals surface area contributed by atoms with E-state index in [1.54, 1.807) is 12.1 Å². The molecular formula is C13H13F3N2O2. The number of rotatable bonds is 4. The molecule has 0 fully saturated rings. The quantitative estimate of drug-likeness (QED) is 0.939. The van der Waals surface area contributed by atoms with Crippen molar-refractivity contribution < 1.29 is 22.6 Å². The van der Waals surface area contributed by atoms with Gasteiger partial charge in [0.15, 0.2) is 6.61 Å². The number of pyridine rings is 1. The van der Waals surface area contributed by atoms with Gasteiger partial charge in [0.25, 0.3) is 0 Å². The lowest BCUT2D eigenvalue weighted by Crippen LogP contribution is -2.19. The van der Waals surface area contributed by atoms with E-state index < -0.39 is 12.8 Å². The molecule has 0 bridgehead atoms. The fraction of sp³-hybridized carbons (Fsp3) is 0.308. The zero-order valence-corrected chi connectivity index (χ0v) is 10.7. The van der Waals surface area contributed by atoms with E-state index in [4.69, 9.17) is 10.5 Å². The summed E-state index contributed by atoms with van der Waals surface area (Å²) in [7, 11) is 1.54. The second kappa shape index (κ2) is 5.54. The third-order valence-corrected chi connectivity index (χ3v) is 2.56. The predicted molar refractivity (Wildman–Crippen MR) is 68.4 cm³/mol. The van der Waals surface area contributed by atoms with Gasteiger partial charge in [-0.15, -0.1) is 0 Å². The number of alkyl halides is 3. The van der Waals surface area contributed by atoms with E-state index in [1.807, 2.05) is 0 Å². The van der Waals surface area contributed by atoms with Gasteiger partial charge in [-0.25, -0.2) is 0 Å². The number of hydrogen-bond acceptors (Lipinski definition) is 4. The van der Waals surface area contributed by atoms with Crippen LogP contribution in [0.3, 0.4) is 0 Å². The van der Waals surface area contributed by atoms with Gasteiger partial charge in [0, 0.05) is 18.2 Å². The lowest BCUT2D eigenvalue weighted by Gasteiger charge is -2.11.